The van der Waals surface area contributed by atoms with Crippen molar-refractivity contribution in [3.63, 3.8) is 0 Å². The average Bonchev–Trinajstić information content (AvgIpc) is 2.76. The smallest absolute Gasteiger partial charge is 0.0578 e. The predicted octanol–water partition coefficient (Wildman–Crippen LogP) is 9.31. The van der Waals surface area contributed by atoms with Gasteiger partial charge in [-0.2, -0.15) is 0 Å². The summed E-state index contributed by atoms with van der Waals surface area (Å²) in [5.74, 6) is 0. The normalized spacial score (nSPS) is 32.4. The molecule has 0 amide bonds. The molecule has 2 rings (SSSR count). The van der Waals surface area contributed by atoms with Crippen molar-refractivity contribution >= 4 is 47.0 Å². The first-order valence-corrected chi connectivity index (χ1v) is 17.5. The van der Waals surface area contributed by atoms with Crippen molar-refractivity contribution in [2.24, 2.45) is 0 Å². The summed E-state index contributed by atoms with van der Waals surface area (Å²) in [7, 11) is 0. The highest BCUT2D eigenvalue weighted by molar-refractivity contribution is 8.18. The molecule has 0 saturated carbocycles. The highest BCUT2D eigenvalue weighted by Gasteiger charge is 2.38. The van der Waals surface area contributed by atoms with Gasteiger partial charge in [0.15, 0.2) is 0 Å². The van der Waals surface area contributed by atoms with E-state index in [1.807, 2.05) is 0 Å². The molecule has 2 nitrogen and oxygen atoms in total. The number of hydrogen-bond donors (Lipinski definition) is 0. The van der Waals surface area contributed by atoms with E-state index in [1.54, 1.807) is 0 Å². The third-order valence-corrected chi connectivity index (χ3v) is 13.3. The second-order valence-electron chi connectivity index (χ2n) is 9.43. The molecule has 190 valence electrons. The lowest BCUT2D eigenvalue weighted by atomic mass is 10.2. The van der Waals surface area contributed by atoms with Crippen LogP contribution in [-0.2, 0) is 0 Å². The molecule has 6 heteroatoms. The number of nitrogens with zero attached hydrogens (tertiary/aromatic N) is 2. The summed E-state index contributed by atoms with van der Waals surface area (Å²) in [6.45, 7) is 16.7. The van der Waals surface area contributed by atoms with Crippen LogP contribution in [-0.4, -0.2) is 53.5 Å². The number of rotatable bonds is 15. The van der Waals surface area contributed by atoms with E-state index in [4.69, 9.17) is 0 Å². The minimum Gasteiger partial charge on any atom is -0.278 e. The minimum atomic E-state index is 0.724. The first-order chi connectivity index (χ1) is 15.6. The topological polar surface area (TPSA) is 6.48 Å². The summed E-state index contributed by atoms with van der Waals surface area (Å²) in [5, 5.41) is 2.89. The molecular weight excluding hydrogens is 469 g/mol. The van der Waals surface area contributed by atoms with E-state index < -0.39 is 0 Å². The van der Waals surface area contributed by atoms with Crippen LogP contribution in [0.3, 0.4) is 0 Å². The fourth-order valence-corrected chi connectivity index (χ4v) is 13.1. The van der Waals surface area contributed by atoms with Gasteiger partial charge in [0.25, 0.3) is 0 Å². The minimum absolute atomic E-state index is 0.724. The van der Waals surface area contributed by atoms with Gasteiger partial charge in [-0.3, -0.25) is 9.80 Å². The summed E-state index contributed by atoms with van der Waals surface area (Å²) >= 11 is 9.18. The molecule has 4 unspecified atom stereocenters. The van der Waals surface area contributed by atoms with E-state index in [2.05, 4.69) is 98.4 Å². The molecule has 2 saturated heterocycles. The van der Waals surface area contributed by atoms with E-state index in [0.29, 0.717) is 0 Å². The van der Waals surface area contributed by atoms with Crippen LogP contribution in [0.25, 0.3) is 0 Å². The first kappa shape index (κ1) is 29.5. The lowest BCUT2D eigenvalue weighted by molar-refractivity contribution is 0.152. The molecule has 0 aliphatic carbocycles. The van der Waals surface area contributed by atoms with Crippen LogP contribution in [0.5, 0.6) is 0 Å². The maximum absolute atomic E-state index is 2.94. The molecule has 0 N–H and O–H groups in total. The zero-order chi connectivity index (χ0) is 23.3. The van der Waals surface area contributed by atoms with Crippen molar-refractivity contribution in [2.75, 3.05) is 13.1 Å². The maximum Gasteiger partial charge on any atom is 0.0578 e. The van der Waals surface area contributed by atoms with E-state index in [9.17, 15) is 0 Å². The fourth-order valence-electron chi connectivity index (χ4n) is 4.92. The van der Waals surface area contributed by atoms with Gasteiger partial charge < -0.3 is 0 Å². The van der Waals surface area contributed by atoms with Gasteiger partial charge in [-0.15, -0.1) is 47.0 Å². The SMILES string of the molecule is CCCC1SC(CCC)N(CCN2C(CCC)SC(CCC)SC2CCC)C(CCC)S1. The van der Waals surface area contributed by atoms with Crippen LogP contribution in [0.1, 0.15) is 119 Å². The van der Waals surface area contributed by atoms with E-state index in [1.165, 1.54) is 90.1 Å². The van der Waals surface area contributed by atoms with Crippen LogP contribution in [0, 0.1) is 0 Å². The van der Waals surface area contributed by atoms with Gasteiger partial charge in [0.1, 0.15) is 0 Å². The fraction of sp³-hybridized carbons (Fsp3) is 1.00. The van der Waals surface area contributed by atoms with Crippen LogP contribution in [0.2, 0.25) is 0 Å². The van der Waals surface area contributed by atoms with Crippen molar-refractivity contribution in [3.05, 3.63) is 0 Å². The van der Waals surface area contributed by atoms with Crippen LogP contribution in [0.15, 0.2) is 0 Å². The van der Waals surface area contributed by atoms with Gasteiger partial charge in [-0.05, 0) is 38.5 Å². The zero-order valence-corrected chi connectivity index (χ0v) is 25.2. The summed E-state index contributed by atoms with van der Waals surface area (Å²) in [4.78, 5) is 5.88. The average molecular weight is 521 g/mol. The Morgan fingerprint density at radius 3 is 0.875 bits per heavy atom. The predicted molar refractivity (Wildman–Crippen MR) is 156 cm³/mol. The highest BCUT2D eigenvalue weighted by Crippen LogP contribution is 2.47. The summed E-state index contributed by atoms with van der Waals surface area (Å²) in [6.07, 6.45) is 16.0. The summed E-state index contributed by atoms with van der Waals surface area (Å²) in [5.41, 5.74) is 0. The Morgan fingerprint density at radius 2 is 0.656 bits per heavy atom. The third-order valence-electron chi connectivity index (χ3n) is 6.52. The molecule has 2 aliphatic rings. The number of thioether (sulfide) groups is 4. The second kappa shape index (κ2) is 16.9. The molecule has 2 heterocycles. The molecular formula is C26H52N2S4. The monoisotopic (exact) mass is 520 g/mol. The van der Waals surface area contributed by atoms with Gasteiger partial charge in [0.2, 0.25) is 0 Å². The Balaban J connectivity index is 2.13. The first-order valence-electron chi connectivity index (χ1n) is 13.7. The summed E-state index contributed by atoms with van der Waals surface area (Å²) < 4.78 is 1.61. The molecule has 2 fully saturated rings. The Labute approximate surface area is 218 Å². The molecule has 0 aromatic heterocycles. The largest absolute Gasteiger partial charge is 0.278 e. The van der Waals surface area contributed by atoms with Crippen LogP contribution >= 0.6 is 47.0 Å². The molecule has 0 aromatic rings. The Kier molecular flexibility index (Phi) is 15.6. The zero-order valence-electron chi connectivity index (χ0n) is 21.9. The van der Waals surface area contributed by atoms with Crippen molar-refractivity contribution in [1.29, 1.82) is 0 Å². The van der Waals surface area contributed by atoms with Gasteiger partial charge in [0, 0.05) is 13.1 Å². The van der Waals surface area contributed by atoms with Crippen molar-refractivity contribution in [1.82, 2.24) is 9.80 Å². The molecule has 2 aliphatic heterocycles. The molecule has 4 atom stereocenters. The highest BCUT2D eigenvalue weighted by atomic mass is 32.2. The third kappa shape index (κ3) is 9.08. The molecule has 32 heavy (non-hydrogen) atoms. The lowest BCUT2D eigenvalue weighted by Crippen LogP contribution is -2.52. The van der Waals surface area contributed by atoms with Gasteiger partial charge in [-0.25, -0.2) is 0 Å². The van der Waals surface area contributed by atoms with E-state index >= 15 is 0 Å². The van der Waals surface area contributed by atoms with Gasteiger partial charge in [0.05, 0.1) is 30.7 Å². The van der Waals surface area contributed by atoms with E-state index in [-0.39, 0.29) is 0 Å². The van der Waals surface area contributed by atoms with Crippen molar-refractivity contribution in [2.45, 2.75) is 149 Å². The Morgan fingerprint density at radius 1 is 0.406 bits per heavy atom. The molecule has 0 spiro atoms. The Bertz CT molecular complexity index is 407. The lowest BCUT2D eigenvalue weighted by Gasteiger charge is -2.48. The van der Waals surface area contributed by atoms with Crippen molar-refractivity contribution in [3.8, 4) is 0 Å². The second-order valence-corrected chi connectivity index (χ2v) is 15.6. The van der Waals surface area contributed by atoms with Crippen LogP contribution < -0.4 is 0 Å². The standard InChI is InChI=1S/C26H52N2S4/c1-7-13-21-27(22(14-8-2)30-25(29-21)17-11-5)19-20-28-23(15-9-3)31-26(18-12-6)32-24(28)16-10-4/h21-26H,7-20H2,1-6H3. The van der Waals surface area contributed by atoms with Crippen LogP contribution in [0.4, 0.5) is 0 Å². The molecule has 0 bridgehead atoms. The summed E-state index contributed by atoms with van der Waals surface area (Å²) in [6, 6.07) is 0. The van der Waals surface area contributed by atoms with Gasteiger partial charge >= 0.3 is 0 Å². The Hall–Kier alpha value is 1.32. The quantitative estimate of drug-likeness (QED) is 0.211. The van der Waals surface area contributed by atoms with Crippen molar-refractivity contribution < 1.29 is 0 Å². The van der Waals surface area contributed by atoms with Gasteiger partial charge in [-0.1, -0.05) is 80.1 Å². The molecule has 0 radical (unpaired) electrons. The maximum atomic E-state index is 2.94. The van der Waals surface area contributed by atoms with E-state index in [0.717, 1.165) is 30.7 Å². The molecule has 0 aromatic carbocycles. The number of hydrogen-bond acceptors (Lipinski definition) is 6.